The molecule has 4 rings (SSSR count). The van der Waals surface area contributed by atoms with Crippen LogP contribution in [0.2, 0.25) is 0 Å². The van der Waals surface area contributed by atoms with Crippen LogP contribution in [0.1, 0.15) is 74.8 Å². The average Bonchev–Trinajstić information content (AvgIpc) is 3.03. The first-order chi connectivity index (χ1) is 15.5. The van der Waals surface area contributed by atoms with Crippen LogP contribution in [0.3, 0.4) is 0 Å². The molecule has 0 unspecified atom stereocenters. The second kappa shape index (κ2) is 8.68. The molecule has 1 atom stereocenters. The van der Waals surface area contributed by atoms with Crippen LogP contribution < -0.4 is 10.2 Å². The number of benzene rings is 2. The van der Waals surface area contributed by atoms with Crippen molar-refractivity contribution < 1.29 is 4.79 Å². The molecule has 2 aliphatic rings. The van der Waals surface area contributed by atoms with E-state index < -0.39 is 0 Å². The van der Waals surface area contributed by atoms with E-state index in [1.165, 1.54) is 34.1 Å². The molecular formula is C28H35N3OS. The molecule has 0 radical (unpaired) electrons. The highest BCUT2D eigenvalue weighted by atomic mass is 32.2. The van der Waals surface area contributed by atoms with Gasteiger partial charge in [-0.15, -0.1) is 0 Å². The fourth-order valence-electron chi connectivity index (χ4n) is 5.41. The number of nitrogens with zero attached hydrogens (tertiary/aromatic N) is 2. The van der Waals surface area contributed by atoms with E-state index in [4.69, 9.17) is 4.99 Å². The molecule has 5 heteroatoms. The normalized spacial score (nSPS) is 22.3. The zero-order valence-electron chi connectivity index (χ0n) is 21.0. The van der Waals surface area contributed by atoms with Gasteiger partial charge in [0.1, 0.15) is 0 Å². The molecule has 33 heavy (non-hydrogen) atoms. The van der Waals surface area contributed by atoms with Gasteiger partial charge in [0.25, 0.3) is 5.91 Å². The van der Waals surface area contributed by atoms with E-state index in [2.05, 4.69) is 76.9 Å². The Balaban J connectivity index is 1.68. The van der Waals surface area contributed by atoms with Crippen molar-refractivity contribution in [3.8, 4) is 0 Å². The van der Waals surface area contributed by atoms with Crippen molar-refractivity contribution in [1.29, 1.82) is 0 Å². The first-order valence-electron chi connectivity index (χ1n) is 11.8. The van der Waals surface area contributed by atoms with Crippen LogP contribution in [0.4, 0.5) is 11.4 Å². The lowest BCUT2D eigenvalue weighted by molar-refractivity contribution is -0.115. The smallest absolute Gasteiger partial charge is 0.264 e. The Morgan fingerprint density at radius 3 is 2.55 bits per heavy atom. The van der Waals surface area contributed by atoms with Crippen LogP contribution >= 0.6 is 11.8 Å². The average molecular weight is 462 g/mol. The first-order valence-corrected chi connectivity index (χ1v) is 12.6. The molecule has 0 spiro atoms. The van der Waals surface area contributed by atoms with E-state index in [1.807, 2.05) is 25.1 Å². The molecule has 2 heterocycles. The van der Waals surface area contributed by atoms with Crippen molar-refractivity contribution in [3.63, 3.8) is 0 Å². The number of aryl methyl sites for hydroxylation is 3. The third kappa shape index (κ3) is 4.61. The largest absolute Gasteiger partial charge is 0.364 e. The predicted molar refractivity (Wildman–Crippen MR) is 143 cm³/mol. The van der Waals surface area contributed by atoms with Gasteiger partial charge in [0, 0.05) is 17.3 Å². The van der Waals surface area contributed by atoms with Crippen molar-refractivity contribution in [1.82, 2.24) is 5.32 Å². The maximum absolute atomic E-state index is 12.7. The van der Waals surface area contributed by atoms with Crippen LogP contribution in [0.5, 0.6) is 0 Å². The van der Waals surface area contributed by atoms with Gasteiger partial charge in [-0.2, -0.15) is 0 Å². The van der Waals surface area contributed by atoms with E-state index in [1.54, 1.807) is 0 Å². The number of rotatable bonds is 3. The molecule has 174 valence electrons. The fourth-order valence-corrected chi connectivity index (χ4v) is 6.23. The number of fused-ring (bicyclic) bond motifs is 1. The summed E-state index contributed by atoms with van der Waals surface area (Å²) >= 11 is 1.41. The highest BCUT2D eigenvalue weighted by Crippen LogP contribution is 2.45. The molecule has 1 N–H and O–H groups in total. The van der Waals surface area contributed by atoms with E-state index in [0.717, 1.165) is 23.2 Å². The second-order valence-electron chi connectivity index (χ2n) is 10.4. The number of anilines is 1. The number of nitrogens with one attached hydrogen (secondary N) is 1. The molecule has 4 nitrogen and oxygen atoms in total. The van der Waals surface area contributed by atoms with Gasteiger partial charge in [0.15, 0.2) is 5.17 Å². The summed E-state index contributed by atoms with van der Waals surface area (Å²) in [6.07, 6.45) is 3.13. The molecule has 2 aliphatic heterocycles. The van der Waals surface area contributed by atoms with Gasteiger partial charge >= 0.3 is 0 Å². The fraction of sp³-hybridized carbons (Fsp3) is 0.429. The lowest BCUT2D eigenvalue weighted by Gasteiger charge is -2.50. The van der Waals surface area contributed by atoms with Gasteiger partial charge in [-0.25, -0.2) is 4.99 Å². The van der Waals surface area contributed by atoms with Gasteiger partial charge in [-0.1, -0.05) is 24.6 Å². The van der Waals surface area contributed by atoms with Crippen molar-refractivity contribution in [2.24, 2.45) is 4.99 Å². The highest BCUT2D eigenvalue weighted by Gasteiger charge is 2.38. The Morgan fingerprint density at radius 1 is 1.15 bits per heavy atom. The van der Waals surface area contributed by atoms with Gasteiger partial charge < -0.3 is 10.2 Å². The predicted octanol–water partition coefficient (Wildman–Crippen LogP) is 7.00. The lowest BCUT2D eigenvalue weighted by atomic mass is 9.78. The quantitative estimate of drug-likeness (QED) is 0.500. The summed E-state index contributed by atoms with van der Waals surface area (Å²) in [7, 11) is 0. The lowest BCUT2D eigenvalue weighted by Crippen LogP contribution is -2.51. The van der Waals surface area contributed by atoms with Crippen molar-refractivity contribution in [3.05, 3.63) is 63.1 Å². The molecule has 0 aliphatic carbocycles. The minimum absolute atomic E-state index is 0.0846. The van der Waals surface area contributed by atoms with Gasteiger partial charge in [-0.3, -0.25) is 4.79 Å². The number of amidine groups is 1. The van der Waals surface area contributed by atoms with Crippen LogP contribution in [0, 0.1) is 20.8 Å². The summed E-state index contributed by atoms with van der Waals surface area (Å²) < 4.78 is 0. The number of hydrogen-bond donors (Lipinski definition) is 1. The Bertz CT molecular complexity index is 1180. The number of aliphatic imine (C=N–C) groups is 1. The van der Waals surface area contributed by atoms with Gasteiger partial charge in [0.2, 0.25) is 0 Å². The Labute approximate surface area is 202 Å². The third-order valence-electron chi connectivity index (χ3n) is 6.69. The number of thioether (sulfide) groups is 1. The summed E-state index contributed by atoms with van der Waals surface area (Å²) in [4.78, 5) is 20.7. The van der Waals surface area contributed by atoms with Crippen LogP contribution in [-0.2, 0) is 4.79 Å². The molecule has 1 saturated heterocycles. The number of carbonyl (C=O) groups is 1. The zero-order chi connectivity index (χ0) is 24.1. The Hall–Kier alpha value is -2.53. The Kier molecular flexibility index (Phi) is 6.21. The topological polar surface area (TPSA) is 44.7 Å². The first kappa shape index (κ1) is 23.6. The van der Waals surface area contributed by atoms with Gasteiger partial charge in [-0.05, 0) is 119 Å². The van der Waals surface area contributed by atoms with Crippen molar-refractivity contribution in [2.45, 2.75) is 79.3 Å². The second-order valence-corrected chi connectivity index (χ2v) is 11.5. The summed E-state index contributed by atoms with van der Waals surface area (Å²) in [5.74, 6) is 0.382. The SMILES string of the molecule is Cc1ccc(N=C2NC(=O)/C(=C/c3cc4c(cc3C)N(C(C)C)C(C)(C)C[C@H]4C)S2)c(C)c1. The zero-order valence-corrected chi connectivity index (χ0v) is 21.9. The number of hydrogen-bond acceptors (Lipinski definition) is 4. The molecular weight excluding hydrogens is 426 g/mol. The minimum atomic E-state index is -0.0846. The molecule has 0 saturated carbocycles. The van der Waals surface area contributed by atoms with E-state index >= 15 is 0 Å². The van der Waals surface area contributed by atoms with E-state index in [-0.39, 0.29) is 11.4 Å². The summed E-state index contributed by atoms with van der Waals surface area (Å²) in [5.41, 5.74) is 8.30. The summed E-state index contributed by atoms with van der Waals surface area (Å²) in [6.45, 7) is 17.8. The minimum Gasteiger partial charge on any atom is -0.364 e. The maximum Gasteiger partial charge on any atom is 0.264 e. The molecule has 0 bridgehead atoms. The highest BCUT2D eigenvalue weighted by molar-refractivity contribution is 8.18. The maximum atomic E-state index is 12.7. The van der Waals surface area contributed by atoms with Crippen LogP contribution in [-0.4, -0.2) is 22.7 Å². The molecule has 1 amide bonds. The molecule has 2 aromatic rings. The van der Waals surface area contributed by atoms with Crippen LogP contribution in [0.15, 0.2) is 40.2 Å². The number of carbonyl (C=O) groups excluding carboxylic acids is 1. The van der Waals surface area contributed by atoms with Gasteiger partial charge in [0.05, 0.1) is 10.6 Å². The van der Waals surface area contributed by atoms with Crippen LogP contribution in [0.25, 0.3) is 6.08 Å². The molecule has 1 fully saturated rings. The Morgan fingerprint density at radius 2 is 1.88 bits per heavy atom. The molecule has 0 aromatic heterocycles. The standard InChI is InChI=1S/C28H35N3OS/c1-16(2)31-24-12-18(4)21(13-22(24)20(6)15-28(31,7)8)14-25-26(32)30-27(33-25)29-23-10-9-17(3)11-19(23)5/h9-14,16,20H,15H2,1-8H3,(H,29,30,32)/b25-14-/t20-/m1/s1. The van der Waals surface area contributed by atoms with E-state index in [0.29, 0.717) is 22.0 Å². The third-order valence-corrected chi connectivity index (χ3v) is 7.60. The summed E-state index contributed by atoms with van der Waals surface area (Å²) in [5, 5.41) is 3.57. The number of amides is 1. The van der Waals surface area contributed by atoms with Crippen molar-refractivity contribution in [2.75, 3.05) is 4.90 Å². The summed E-state index contributed by atoms with van der Waals surface area (Å²) in [6, 6.07) is 11.2. The molecule has 2 aromatic carbocycles. The van der Waals surface area contributed by atoms with Crippen molar-refractivity contribution >= 4 is 40.3 Å². The van der Waals surface area contributed by atoms with E-state index in [9.17, 15) is 4.79 Å². The monoisotopic (exact) mass is 461 g/mol.